The van der Waals surface area contributed by atoms with Crippen molar-refractivity contribution in [3.8, 4) is 0 Å². The van der Waals surface area contributed by atoms with Gasteiger partial charge in [0.25, 0.3) is 5.82 Å². The molecular formula is C11H20N3O+. The molecule has 1 atom stereocenters. The van der Waals surface area contributed by atoms with Crippen LogP contribution in [-0.2, 0) is 13.1 Å². The molecule has 0 spiro atoms. The maximum atomic E-state index is 8.90. The van der Waals surface area contributed by atoms with Gasteiger partial charge in [0.1, 0.15) is 25.5 Å². The zero-order chi connectivity index (χ0) is 10.7. The van der Waals surface area contributed by atoms with Crippen LogP contribution in [-0.4, -0.2) is 28.9 Å². The molecule has 4 nitrogen and oxygen atoms in total. The van der Waals surface area contributed by atoms with Gasteiger partial charge in [-0.3, -0.25) is 0 Å². The zero-order valence-corrected chi connectivity index (χ0v) is 9.32. The minimum Gasteiger partial charge on any atom is -0.392 e. The van der Waals surface area contributed by atoms with E-state index in [1.54, 1.807) is 0 Å². The van der Waals surface area contributed by atoms with Crippen LogP contribution >= 0.6 is 0 Å². The number of rotatable bonds is 4. The van der Waals surface area contributed by atoms with Gasteiger partial charge in [0.15, 0.2) is 0 Å². The van der Waals surface area contributed by atoms with Crippen LogP contribution in [0.15, 0.2) is 12.4 Å². The Labute approximate surface area is 90.5 Å². The van der Waals surface area contributed by atoms with E-state index in [-0.39, 0.29) is 6.61 Å². The molecule has 0 radical (unpaired) electrons. The number of nitrogens with one attached hydrogen (secondary N) is 1. The summed E-state index contributed by atoms with van der Waals surface area (Å²) < 4.78 is 4.35. The van der Waals surface area contributed by atoms with E-state index >= 15 is 0 Å². The lowest BCUT2D eigenvalue weighted by Crippen LogP contribution is -2.44. The highest BCUT2D eigenvalue weighted by molar-refractivity contribution is 4.80. The molecule has 0 bridgehead atoms. The second kappa shape index (κ2) is 4.77. The molecule has 0 amide bonds. The third kappa shape index (κ3) is 2.38. The summed E-state index contributed by atoms with van der Waals surface area (Å²) in [6.45, 7) is 5.20. The number of aliphatic hydroxyl groups is 1. The lowest BCUT2D eigenvalue weighted by Gasteiger charge is -2.07. The molecule has 2 heterocycles. The largest absolute Gasteiger partial charge is 0.392 e. The first-order chi connectivity index (χ1) is 7.31. The van der Waals surface area contributed by atoms with Gasteiger partial charge in [-0.15, -0.1) is 0 Å². The van der Waals surface area contributed by atoms with Crippen molar-refractivity contribution in [1.29, 1.82) is 0 Å². The van der Waals surface area contributed by atoms with Crippen molar-refractivity contribution in [3.63, 3.8) is 0 Å². The van der Waals surface area contributed by atoms with Crippen LogP contribution < -0.4 is 9.88 Å². The summed E-state index contributed by atoms with van der Waals surface area (Å²) in [6, 6.07) is 0.624. The highest BCUT2D eigenvalue weighted by Gasteiger charge is 2.19. The Morgan fingerprint density at radius 1 is 1.67 bits per heavy atom. The molecule has 2 rings (SSSR count). The SMILES string of the molecule is Cc1n(CCO)cc[n+]1C[C@@H]1CCCN1. The van der Waals surface area contributed by atoms with Crippen LogP contribution in [0.5, 0.6) is 0 Å². The Kier molecular flexibility index (Phi) is 3.38. The third-order valence-corrected chi connectivity index (χ3v) is 3.18. The van der Waals surface area contributed by atoms with Gasteiger partial charge < -0.3 is 10.4 Å². The molecule has 0 aromatic carbocycles. The Balaban J connectivity index is 2.01. The maximum Gasteiger partial charge on any atom is 0.253 e. The molecule has 2 N–H and O–H groups in total. The van der Waals surface area contributed by atoms with Crippen LogP contribution in [0.2, 0.25) is 0 Å². The van der Waals surface area contributed by atoms with E-state index in [0.29, 0.717) is 12.6 Å². The van der Waals surface area contributed by atoms with Crippen LogP contribution in [0.3, 0.4) is 0 Å². The van der Waals surface area contributed by atoms with Crippen LogP contribution in [0, 0.1) is 6.92 Å². The normalized spacial score (nSPS) is 21.1. The Bertz CT molecular complexity index is 316. The Morgan fingerprint density at radius 3 is 3.20 bits per heavy atom. The average Bonchev–Trinajstić information content (AvgIpc) is 2.83. The minimum absolute atomic E-state index is 0.206. The highest BCUT2D eigenvalue weighted by atomic mass is 16.3. The summed E-state index contributed by atoms with van der Waals surface area (Å²) in [7, 11) is 0. The summed E-state index contributed by atoms with van der Waals surface area (Å²) >= 11 is 0. The first kappa shape index (κ1) is 10.6. The predicted octanol–water partition coefficient (Wildman–Crippen LogP) is -0.172. The van der Waals surface area contributed by atoms with Crippen LogP contribution in [0.4, 0.5) is 0 Å². The van der Waals surface area contributed by atoms with Crippen molar-refractivity contribution < 1.29 is 9.67 Å². The summed E-state index contributed by atoms with van der Waals surface area (Å²) in [5.41, 5.74) is 0. The smallest absolute Gasteiger partial charge is 0.253 e. The van der Waals surface area contributed by atoms with E-state index in [2.05, 4.69) is 27.6 Å². The Morgan fingerprint density at radius 2 is 2.53 bits per heavy atom. The van der Waals surface area contributed by atoms with Crippen molar-refractivity contribution in [3.05, 3.63) is 18.2 Å². The average molecular weight is 210 g/mol. The molecule has 1 aromatic rings. The van der Waals surface area contributed by atoms with Crippen molar-refractivity contribution in [2.75, 3.05) is 13.2 Å². The number of hydrogen-bond donors (Lipinski definition) is 2. The van der Waals surface area contributed by atoms with Crippen LogP contribution in [0.1, 0.15) is 18.7 Å². The van der Waals surface area contributed by atoms with Crippen molar-refractivity contribution >= 4 is 0 Å². The summed E-state index contributed by atoms with van der Waals surface area (Å²) in [5, 5.41) is 12.4. The second-order valence-corrected chi connectivity index (χ2v) is 4.21. The lowest BCUT2D eigenvalue weighted by atomic mass is 10.2. The minimum atomic E-state index is 0.206. The Hall–Kier alpha value is -0.870. The summed E-state index contributed by atoms with van der Waals surface area (Å²) in [5.74, 6) is 1.22. The molecule has 0 unspecified atom stereocenters. The number of nitrogens with zero attached hydrogens (tertiary/aromatic N) is 2. The molecule has 1 aromatic heterocycles. The molecular weight excluding hydrogens is 190 g/mol. The number of imidazole rings is 1. The van der Waals surface area contributed by atoms with E-state index in [4.69, 9.17) is 5.11 Å². The molecule has 1 aliphatic rings. The number of aliphatic hydroxyl groups excluding tert-OH is 1. The van der Waals surface area contributed by atoms with E-state index in [1.165, 1.54) is 18.7 Å². The monoisotopic (exact) mass is 210 g/mol. The van der Waals surface area contributed by atoms with Crippen molar-refractivity contribution in [2.24, 2.45) is 0 Å². The third-order valence-electron chi connectivity index (χ3n) is 3.18. The van der Waals surface area contributed by atoms with E-state index in [1.807, 2.05) is 6.20 Å². The van der Waals surface area contributed by atoms with E-state index in [9.17, 15) is 0 Å². The number of hydrogen-bond acceptors (Lipinski definition) is 2. The fraction of sp³-hybridized carbons (Fsp3) is 0.727. The fourth-order valence-electron chi connectivity index (χ4n) is 2.23. The van der Waals surface area contributed by atoms with E-state index < -0.39 is 0 Å². The first-order valence-electron chi connectivity index (χ1n) is 5.70. The molecule has 1 saturated heterocycles. The van der Waals surface area contributed by atoms with Gasteiger partial charge in [-0.2, -0.15) is 0 Å². The topological polar surface area (TPSA) is 41.1 Å². The fourth-order valence-corrected chi connectivity index (χ4v) is 2.23. The maximum absolute atomic E-state index is 8.90. The summed E-state index contributed by atoms with van der Waals surface area (Å²) in [6.07, 6.45) is 6.71. The van der Waals surface area contributed by atoms with E-state index in [0.717, 1.165) is 13.1 Å². The second-order valence-electron chi connectivity index (χ2n) is 4.21. The summed E-state index contributed by atoms with van der Waals surface area (Å²) in [4.78, 5) is 0. The van der Waals surface area contributed by atoms with Gasteiger partial charge in [-0.05, 0) is 19.4 Å². The molecule has 1 fully saturated rings. The van der Waals surface area contributed by atoms with Gasteiger partial charge in [0.05, 0.1) is 6.61 Å². The molecule has 4 heteroatoms. The molecule has 84 valence electrons. The molecule has 15 heavy (non-hydrogen) atoms. The quantitative estimate of drug-likeness (QED) is 0.677. The number of aromatic nitrogens is 2. The lowest BCUT2D eigenvalue weighted by molar-refractivity contribution is -0.704. The standard InChI is InChI=1S/C11H20N3O/c1-10-13(7-8-15)5-6-14(10)9-11-3-2-4-12-11/h5-6,11-12,15H,2-4,7-9H2,1H3/q+1/t11-/m0/s1. The predicted molar refractivity (Wildman–Crippen MR) is 57.5 cm³/mol. The van der Waals surface area contributed by atoms with Gasteiger partial charge in [-0.1, -0.05) is 0 Å². The van der Waals surface area contributed by atoms with Gasteiger partial charge >= 0.3 is 0 Å². The van der Waals surface area contributed by atoms with Crippen molar-refractivity contribution in [2.45, 2.75) is 38.9 Å². The van der Waals surface area contributed by atoms with Crippen LogP contribution in [0.25, 0.3) is 0 Å². The first-order valence-corrected chi connectivity index (χ1v) is 5.70. The molecule has 0 saturated carbocycles. The molecule has 0 aliphatic carbocycles. The van der Waals surface area contributed by atoms with Gasteiger partial charge in [0.2, 0.25) is 0 Å². The van der Waals surface area contributed by atoms with Crippen molar-refractivity contribution in [1.82, 2.24) is 9.88 Å². The van der Waals surface area contributed by atoms with Gasteiger partial charge in [-0.25, -0.2) is 9.13 Å². The molecule has 1 aliphatic heterocycles. The zero-order valence-electron chi connectivity index (χ0n) is 9.32. The highest BCUT2D eigenvalue weighted by Crippen LogP contribution is 2.05. The van der Waals surface area contributed by atoms with Gasteiger partial charge in [0, 0.05) is 13.0 Å².